The molecule has 1 unspecified atom stereocenters. The Kier molecular flexibility index (Phi) is 11.4. The van der Waals surface area contributed by atoms with E-state index in [0.29, 0.717) is 26.2 Å². The van der Waals surface area contributed by atoms with Crippen molar-refractivity contribution in [3.05, 3.63) is 0 Å². The van der Waals surface area contributed by atoms with E-state index in [4.69, 9.17) is 10.5 Å². The second-order valence-electron chi connectivity index (χ2n) is 6.43. The van der Waals surface area contributed by atoms with Gasteiger partial charge in [-0.1, -0.05) is 13.8 Å². The average molecular weight is 379 g/mol. The Morgan fingerprint density at radius 1 is 1.32 bits per heavy atom. The van der Waals surface area contributed by atoms with Crippen molar-refractivity contribution >= 4 is 30.1 Å². The maximum Gasteiger partial charge on any atom is 0.246 e. The highest BCUT2D eigenvalue weighted by atomic mass is 35.5. The third-order valence-corrected chi connectivity index (χ3v) is 4.07. The fourth-order valence-corrected chi connectivity index (χ4v) is 2.79. The predicted molar refractivity (Wildman–Crippen MR) is 97.3 cm³/mol. The first kappa shape index (κ1) is 23.6. The molecule has 0 aliphatic carbocycles. The van der Waals surface area contributed by atoms with E-state index in [1.54, 1.807) is 4.90 Å². The van der Waals surface area contributed by atoms with E-state index in [0.717, 1.165) is 12.8 Å². The molecule has 4 N–H and O–H groups in total. The molecule has 0 bridgehead atoms. The lowest BCUT2D eigenvalue weighted by Crippen LogP contribution is -2.55. The van der Waals surface area contributed by atoms with Gasteiger partial charge in [0.1, 0.15) is 12.6 Å². The summed E-state index contributed by atoms with van der Waals surface area (Å²) >= 11 is 0. The van der Waals surface area contributed by atoms with Crippen molar-refractivity contribution < 1.29 is 19.1 Å². The minimum absolute atomic E-state index is 0. The molecule has 1 aliphatic rings. The highest BCUT2D eigenvalue weighted by Crippen LogP contribution is 2.19. The summed E-state index contributed by atoms with van der Waals surface area (Å²) in [7, 11) is 1.43. The zero-order chi connectivity index (χ0) is 18.1. The van der Waals surface area contributed by atoms with Crippen molar-refractivity contribution in [1.82, 2.24) is 15.5 Å². The van der Waals surface area contributed by atoms with Gasteiger partial charge in [0.25, 0.3) is 0 Å². The number of nitrogens with one attached hydrogen (secondary N) is 2. The quantitative estimate of drug-likeness (QED) is 0.527. The Bertz CT molecular complexity index is 448. The fourth-order valence-electron chi connectivity index (χ4n) is 2.79. The molecule has 146 valence electrons. The summed E-state index contributed by atoms with van der Waals surface area (Å²) < 4.78 is 4.80. The number of amides is 3. The number of rotatable bonds is 8. The van der Waals surface area contributed by atoms with E-state index >= 15 is 0 Å². The topological polar surface area (TPSA) is 114 Å². The molecular weight excluding hydrogens is 348 g/mol. The van der Waals surface area contributed by atoms with E-state index in [1.807, 2.05) is 13.8 Å². The standard InChI is InChI=1S/C16H30N4O4.ClH/c1-11(2)14(19-13(21)10-24-3)16(23)20-8-4-5-12(9-20)15(22)18-7-6-17;/h11-12,14H,4-10,17H2,1-3H3,(H,18,22)(H,19,21);1H/t12?,14-;/m0./s1. The van der Waals surface area contributed by atoms with Gasteiger partial charge in [-0.2, -0.15) is 0 Å². The van der Waals surface area contributed by atoms with Crippen LogP contribution in [0, 0.1) is 11.8 Å². The van der Waals surface area contributed by atoms with Gasteiger partial charge in [-0.3, -0.25) is 14.4 Å². The number of ether oxygens (including phenoxy) is 1. The van der Waals surface area contributed by atoms with E-state index in [2.05, 4.69) is 10.6 Å². The minimum atomic E-state index is -0.612. The lowest BCUT2D eigenvalue weighted by atomic mass is 9.95. The maximum atomic E-state index is 12.8. The average Bonchev–Trinajstić information content (AvgIpc) is 2.57. The van der Waals surface area contributed by atoms with Gasteiger partial charge in [0.2, 0.25) is 17.7 Å². The number of nitrogens with two attached hydrogens (primary N) is 1. The van der Waals surface area contributed by atoms with Crippen LogP contribution in [0.2, 0.25) is 0 Å². The smallest absolute Gasteiger partial charge is 0.246 e. The first-order valence-electron chi connectivity index (χ1n) is 8.45. The number of halogens is 1. The minimum Gasteiger partial charge on any atom is -0.375 e. The first-order valence-corrected chi connectivity index (χ1v) is 8.45. The molecule has 25 heavy (non-hydrogen) atoms. The first-order chi connectivity index (χ1) is 11.4. The van der Waals surface area contributed by atoms with Gasteiger partial charge in [0.15, 0.2) is 0 Å². The molecule has 3 amide bonds. The second-order valence-corrected chi connectivity index (χ2v) is 6.43. The van der Waals surface area contributed by atoms with Crippen molar-refractivity contribution in [3.63, 3.8) is 0 Å². The molecule has 2 atom stereocenters. The van der Waals surface area contributed by atoms with Crippen molar-refractivity contribution in [1.29, 1.82) is 0 Å². The van der Waals surface area contributed by atoms with E-state index in [1.165, 1.54) is 7.11 Å². The highest BCUT2D eigenvalue weighted by molar-refractivity contribution is 5.89. The molecule has 1 saturated heterocycles. The van der Waals surface area contributed by atoms with Gasteiger partial charge >= 0.3 is 0 Å². The Morgan fingerprint density at radius 3 is 2.56 bits per heavy atom. The molecule has 1 rings (SSSR count). The van der Waals surface area contributed by atoms with Crippen molar-refractivity contribution in [2.45, 2.75) is 32.7 Å². The maximum absolute atomic E-state index is 12.8. The number of carbonyl (C=O) groups excluding carboxylic acids is 3. The van der Waals surface area contributed by atoms with Crippen LogP contribution in [0.5, 0.6) is 0 Å². The van der Waals surface area contributed by atoms with Crippen molar-refractivity contribution in [2.75, 3.05) is 39.9 Å². The molecule has 0 aromatic rings. The summed E-state index contributed by atoms with van der Waals surface area (Å²) in [5.74, 6) is -0.812. The molecule has 9 heteroatoms. The number of piperidine rings is 1. The second kappa shape index (κ2) is 12.1. The van der Waals surface area contributed by atoms with Gasteiger partial charge < -0.3 is 26.0 Å². The predicted octanol–water partition coefficient (Wildman–Crippen LogP) is -0.491. The van der Waals surface area contributed by atoms with Gasteiger partial charge in [-0.15, -0.1) is 12.4 Å². The number of likely N-dealkylation sites (tertiary alicyclic amines) is 1. The lowest BCUT2D eigenvalue weighted by molar-refractivity contribution is -0.141. The number of nitrogens with zero attached hydrogens (tertiary/aromatic N) is 1. The van der Waals surface area contributed by atoms with Crippen LogP contribution in [0.4, 0.5) is 0 Å². The Labute approximate surface area is 155 Å². The zero-order valence-corrected chi connectivity index (χ0v) is 16.1. The molecule has 0 saturated carbocycles. The van der Waals surface area contributed by atoms with E-state index < -0.39 is 6.04 Å². The molecule has 0 spiro atoms. The molecular formula is C16H31ClN4O4. The van der Waals surface area contributed by atoms with Crippen LogP contribution in [-0.2, 0) is 19.1 Å². The number of carbonyl (C=O) groups is 3. The van der Waals surface area contributed by atoms with E-state index in [9.17, 15) is 14.4 Å². The summed E-state index contributed by atoms with van der Waals surface area (Å²) in [6.45, 7) is 5.48. The number of hydrogen-bond acceptors (Lipinski definition) is 5. The normalized spacial score (nSPS) is 18.3. The Morgan fingerprint density at radius 2 is 2.00 bits per heavy atom. The Balaban J connectivity index is 0.00000576. The summed E-state index contributed by atoms with van der Waals surface area (Å²) in [5.41, 5.74) is 5.40. The van der Waals surface area contributed by atoms with Gasteiger partial charge in [0, 0.05) is 33.3 Å². The van der Waals surface area contributed by atoms with Gasteiger partial charge in [-0.05, 0) is 18.8 Å². The van der Waals surface area contributed by atoms with Crippen LogP contribution < -0.4 is 16.4 Å². The summed E-state index contributed by atoms with van der Waals surface area (Å²) in [6, 6.07) is -0.612. The van der Waals surface area contributed by atoms with Crippen molar-refractivity contribution in [2.24, 2.45) is 17.6 Å². The molecule has 8 nitrogen and oxygen atoms in total. The fraction of sp³-hybridized carbons (Fsp3) is 0.812. The highest BCUT2D eigenvalue weighted by Gasteiger charge is 2.33. The summed E-state index contributed by atoms with van der Waals surface area (Å²) in [6.07, 6.45) is 1.52. The Hall–Kier alpha value is -1.38. The third-order valence-electron chi connectivity index (χ3n) is 4.07. The molecule has 0 aromatic heterocycles. The summed E-state index contributed by atoms with van der Waals surface area (Å²) in [5, 5.41) is 5.49. The van der Waals surface area contributed by atoms with Crippen molar-refractivity contribution in [3.8, 4) is 0 Å². The van der Waals surface area contributed by atoms with Gasteiger partial charge in [0.05, 0.1) is 5.92 Å². The number of hydrogen-bond donors (Lipinski definition) is 3. The largest absolute Gasteiger partial charge is 0.375 e. The molecule has 0 radical (unpaired) electrons. The van der Waals surface area contributed by atoms with Crippen LogP contribution in [-0.4, -0.2) is 68.6 Å². The SMILES string of the molecule is COCC(=O)N[C@H](C(=O)N1CCCC(C(=O)NCCN)C1)C(C)C.Cl. The van der Waals surface area contributed by atoms with E-state index in [-0.39, 0.29) is 48.6 Å². The monoisotopic (exact) mass is 378 g/mol. The lowest BCUT2D eigenvalue weighted by Gasteiger charge is -2.35. The molecule has 1 fully saturated rings. The van der Waals surface area contributed by atoms with Crippen LogP contribution >= 0.6 is 12.4 Å². The zero-order valence-electron chi connectivity index (χ0n) is 15.2. The number of methoxy groups -OCH3 is 1. The third kappa shape index (κ3) is 7.58. The molecule has 1 aliphatic heterocycles. The molecule has 0 aromatic carbocycles. The van der Waals surface area contributed by atoms with Crippen LogP contribution in [0.1, 0.15) is 26.7 Å². The van der Waals surface area contributed by atoms with Crippen LogP contribution in [0.25, 0.3) is 0 Å². The van der Waals surface area contributed by atoms with Crippen LogP contribution in [0.3, 0.4) is 0 Å². The molecule has 1 heterocycles. The van der Waals surface area contributed by atoms with Gasteiger partial charge in [-0.25, -0.2) is 0 Å². The van der Waals surface area contributed by atoms with Crippen LogP contribution in [0.15, 0.2) is 0 Å². The summed E-state index contributed by atoms with van der Waals surface area (Å²) in [4.78, 5) is 38.3.